The third-order valence-electron chi connectivity index (χ3n) is 6.14. The van der Waals surface area contributed by atoms with Crippen molar-refractivity contribution >= 4 is 12.4 Å². The smallest absolute Gasteiger partial charge is 0.122 e. The Morgan fingerprint density at radius 1 is 0.742 bits per heavy atom. The molecule has 0 aromatic heterocycles. The van der Waals surface area contributed by atoms with Crippen LogP contribution in [0.5, 0.6) is 5.75 Å². The number of likely N-dealkylation sites (tertiary alicyclic amines) is 1. The van der Waals surface area contributed by atoms with E-state index in [1.165, 1.54) is 19.3 Å². The number of halogens is 1. The van der Waals surface area contributed by atoms with Gasteiger partial charge in [-0.3, -0.25) is 0 Å². The van der Waals surface area contributed by atoms with Crippen molar-refractivity contribution < 1.29 is 9.84 Å². The first kappa shape index (κ1) is 23.3. The average molecular weight is 438 g/mol. The van der Waals surface area contributed by atoms with Crippen molar-refractivity contribution in [3.63, 3.8) is 0 Å². The summed E-state index contributed by atoms with van der Waals surface area (Å²) in [4.78, 5) is 2.49. The molecule has 0 bridgehead atoms. The highest BCUT2D eigenvalue weighted by molar-refractivity contribution is 5.85. The Kier molecular flexibility index (Phi) is 8.53. The second kappa shape index (κ2) is 11.3. The van der Waals surface area contributed by atoms with Crippen molar-refractivity contribution in [2.75, 3.05) is 26.2 Å². The molecule has 0 aliphatic carbocycles. The van der Waals surface area contributed by atoms with E-state index in [1.54, 1.807) is 0 Å². The van der Waals surface area contributed by atoms with Crippen LogP contribution < -0.4 is 4.74 Å². The Morgan fingerprint density at radius 2 is 1.23 bits per heavy atom. The van der Waals surface area contributed by atoms with Crippen LogP contribution in [-0.4, -0.2) is 36.2 Å². The van der Waals surface area contributed by atoms with Gasteiger partial charge in [0.15, 0.2) is 0 Å². The number of para-hydroxylation sites is 1. The fraction of sp³-hybridized carbons (Fsp3) is 0.333. The molecule has 1 heterocycles. The van der Waals surface area contributed by atoms with Crippen LogP contribution in [0.25, 0.3) is 0 Å². The van der Waals surface area contributed by atoms with Gasteiger partial charge in [0, 0.05) is 12.5 Å². The van der Waals surface area contributed by atoms with Crippen molar-refractivity contribution in [2.45, 2.75) is 24.9 Å². The first-order chi connectivity index (χ1) is 14.8. The molecule has 0 spiro atoms. The van der Waals surface area contributed by atoms with Gasteiger partial charge in [-0.25, -0.2) is 0 Å². The molecule has 164 valence electrons. The predicted octanol–water partition coefficient (Wildman–Crippen LogP) is 5.53. The van der Waals surface area contributed by atoms with Crippen LogP contribution in [-0.2, 0) is 5.60 Å². The van der Waals surface area contributed by atoms with E-state index in [-0.39, 0.29) is 18.3 Å². The number of ether oxygens (including phenoxy) is 1. The minimum Gasteiger partial charge on any atom is -0.493 e. The number of nitrogens with zero attached hydrogens (tertiary/aromatic N) is 1. The molecule has 1 fully saturated rings. The summed E-state index contributed by atoms with van der Waals surface area (Å²) in [6.45, 7) is 3.41. The van der Waals surface area contributed by atoms with E-state index in [4.69, 9.17) is 4.74 Å². The molecule has 1 aliphatic heterocycles. The monoisotopic (exact) mass is 437 g/mol. The van der Waals surface area contributed by atoms with E-state index < -0.39 is 5.60 Å². The maximum atomic E-state index is 12.3. The third-order valence-corrected chi connectivity index (χ3v) is 6.14. The lowest BCUT2D eigenvalue weighted by atomic mass is 9.76. The summed E-state index contributed by atoms with van der Waals surface area (Å²) in [7, 11) is 0. The van der Waals surface area contributed by atoms with Gasteiger partial charge >= 0.3 is 0 Å². The average Bonchev–Trinajstić information content (AvgIpc) is 2.83. The molecule has 3 aromatic carbocycles. The zero-order valence-electron chi connectivity index (χ0n) is 17.9. The van der Waals surface area contributed by atoms with E-state index in [1.807, 2.05) is 91.0 Å². The van der Waals surface area contributed by atoms with Crippen LogP contribution in [0.4, 0.5) is 0 Å². The molecule has 0 radical (unpaired) electrons. The molecule has 4 heteroatoms. The molecule has 1 atom stereocenters. The number of hydrogen-bond acceptors (Lipinski definition) is 3. The molecule has 4 rings (SSSR count). The van der Waals surface area contributed by atoms with Crippen molar-refractivity contribution in [1.82, 2.24) is 4.90 Å². The van der Waals surface area contributed by atoms with Crippen molar-refractivity contribution in [3.8, 4) is 5.75 Å². The molecular formula is C27H32ClNO2. The maximum Gasteiger partial charge on any atom is 0.122 e. The topological polar surface area (TPSA) is 32.7 Å². The van der Waals surface area contributed by atoms with Gasteiger partial charge in [0.25, 0.3) is 0 Å². The molecule has 1 saturated heterocycles. The summed E-state index contributed by atoms with van der Waals surface area (Å²) in [6, 6.07) is 30.0. The van der Waals surface area contributed by atoms with Gasteiger partial charge in [0.05, 0.1) is 6.61 Å². The lowest BCUT2D eigenvalue weighted by Crippen LogP contribution is -2.47. The van der Waals surface area contributed by atoms with Crippen molar-refractivity contribution in [3.05, 3.63) is 102 Å². The molecule has 1 N–H and O–H groups in total. The van der Waals surface area contributed by atoms with Gasteiger partial charge in [0.2, 0.25) is 0 Å². The molecule has 1 aliphatic rings. The highest BCUT2D eigenvalue weighted by Gasteiger charge is 2.41. The van der Waals surface area contributed by atoms with Gasteiger partial charge in [-0.15, -0.1) is 12.4 Å². The summed E-state index contributed by atoms with van der Waals surface area (Å²) in [5, 5.41) is 12.3. The summed E-state index contributed by atoms with van der Waals surface area (Å²) in [5.41, 5.74) is 0.694. The van der Waals surface area contributed by atoms with Crippen LogP contribution in [0.2, 0.25) is 0 Å². The lowest BCUT2D eigenvalue weighted by Gasteiger charge is -2.40. The molecule has 0 amide bonds. The lowest BCUT2D eigenvalue weighted by molar-refractivity contribution is -0.0229. The summed E-state index contributed by atoms with van der Waals surface area (Å²) < 4.78 is 6.21. The largest absolute Gasteiger partial charge is 0.493 e. The van der Waals surface area contributed by atoms with Gasteiger partial charge < -0.3 is 14.7 Å². The van der Waals surface area contributed by atoms with E-state index in [2.05, 4.69) is 4.90 Å². The maximum absolute atomic E-state index is 12.3. The first-order valence-corrected chi connectivity index (χ1v) is 11.0. The van der Waals surface area contributed by atoms with Gasteiger partial charge in [-0.1, -0.05) is 85.3 Å². The summed E-state index contributed by atoms with van der Waals surface area (Å²) in [5.74, 6) is 0.727. The Balaban J connectivity index is 0.00000272. The normalized spacial score (nSPS) is 15.6. The zero-order valence-corrected chi connectivity index (χ0v) is 18.7. The van der Waals surface area contributed by atoms with Crippen LogP contribution >= 0.6 is 12.4 Å². The molecule has 3 aromatic rings. The number of benzene rings is 3. The van der Waals surface area contributed by atoms with E-state index in [0.29, 0.717) is 6.61 Å². The fourth-order valence-corrected chi connectivity index (χ4v) is 4.50. The van der Waals surface area contributed by atoms with Crippen LogP contribution in [0.3, 0.4) is 0 Å². The zero-order chi connectivity index (χ0) is 20.7. The summed E-state index contributed by atoms with van der Waals surface area (Å²) >= 11 is 0. The molecular weight excluding hydrogens is 406 g/mol. The van der Waals surface area contributed by atoms with Crippen LogP contribution in [0, 0.1) is 5.92 Å². The Labute approximate surface area is 192 Å². The van der Waals surface area contributed by atoms with E-state index in [9.17, 15) is 5.11 Å². The second-order valence-corrected chi connectivity index (χ2v) is 8.18. The number of rotatable bonds is 8. The highest BCUT2D eigenvalue weighted by Crippen LogP contribution is 2.38. The summed E-state index contributed by atoms with van der Waals surface area (Å²) in [6.07, 6.45) is 3.74. The SMILES string of the molecule is Cl.OC(c1ccccc1)(c1ccccc1)C(COc1ccccc1)CN1CCCCC1. The number of piperidine rings is 1. The first-order valence-electron chi connectivity index (χ1n) is 11.0. The van der Waals surface area contributed by atoms with Gasteiger partial charge in [-0.2, -0.15) is 0 Å². The fourth-order valence-electron chi connectivity index (χ4n) is 4.50. The number of hydrogen-bond donors (Lipinski definition) is 1. The standard InChI is InChI=1S/C27H31NO2.ClH/c29-27(23-13-5-1-6-14-23,24-15-7-2-8-16-24)25(21-28-19-11-4-12-20-28)22-30-26-17-9-3-10-18-26;/h1-3,5-10,13-18,25,29H,4,11-12,19-22H2;1H. The minimum atomic E-state index is -1.13. The minimum absolute atomic E-state index is 0. The van der Waals surface area contributed by atoms with Gasteiger partial charge in [0.1, 0.15) is 11.4 Å². The Morgan fingerprint density at radius 3 is 1.74 bits per heavy atom. The second-order valence-electron chi connectivity index (χ2n) is 8.18. The molecule has 31 heavy (non-hydrogen) atoms. The predicted molar refractivity (Wildman–Crippen MR) is 129 cm³/mol. The Bertz CT molecular complexity index is 843. The molecule has 1 unspecified atom stereocenters. The third kappa shape index (κ3) is 5.68. The number of aliphatic hydroxyl groups is 1. The van der Waals surface area contributed by atoms with Crippen molar-refractivity contribution in [2.24, 2.45) is 5.92 Å². The quantitative estimate of drug-likeness (QED) is 0.503. The Hall–Kier alpha value is -2.33. The van der Waals surface area contributed by atoms with Gasteiger partial charge in [-0.05, 0) is 49.2 Å². The highest BCUT2D eigenvalue weighted by atomic mass is 35.5. The van der Waals surface area contributed by atoms with Crippen LogP contribution in [0.1, 0.15) is 30.4 Å². The van der Waals surface area contributed by atoms with E-state index >= 15 is 0 Å². The van der Waals surface area contributed by atoms with E-state index in [0.717, 1.165) is 36.5 Å². The molecule has 3 nitrogen and oxygen atoms in total. The van der Waals surface area contributed by atoms with Crippen molar-refractivity contribution in [1.29, 1.82) is 0 Å². The van der Waals surface area contributed by atoms with Crippen LogP contribution in [0.15, 0.2) is 91.0 Å². The molecule has 0 saturated carbocycles.